The van der Waals surface area contributed by atoms with Crippen LogP contribution in [0.5, 0.6) is 5.75 Å². The van der Waals surface area contributed by atoms with Gasteiger partial charge < -0.3 is 30.9 Å². The highest BCUT2D eigenvalue weighted by molar-refractivity contribution is 6.00. The average Bonchev–Trinajstić information content (AvgIpc) is 2.83. The lowest BCUT2D eigenvalue weighted by atomic mass is 10.1. The summed E-state index contributed by atoms with van der Waals surface area (Å²) in [4.78, 5) is 12.2. The van der Waals surface area contributed by atoms with Gasteiger partial charge in [-0.3, -0.25) is 0 Å². The first-order valence-electron chi connectivity index (χ1n) is 11.0. The second-order valence-corrected chi connectivity index (χ2v) is 7.86. The molecule has 0 aliphatic rings. The summed E-state index contributed by atoms with van der Waals surface area (Å²) in [7, 11) is 0. The standard InChI is InChI=1S/C26H31N3O4/c1-19-7-5-6-10-25(19)29-26(32)28-21-13-11-20(12-14-21)15-22(17-30)27-16-23(31)18-33-24-8-3-2-4-9-24/h2-14,22-23,27,30-31H,15-18H2,1H3,(H2,28,29,32)/t22-,23-/m0/s1. The molecular formula is C26H31N3O4. The fraction of sp³-hybridized carbons (Fsp3) is 0.269. The number of aryl methyl sites for hydroxylation is 1. The SMILES string of the molecule is Cc1ccccc1NC(=O)Nc1ccc(C[C@@H](CO)NC[C@H](O)COc2ccccc2)cc1. The van der Waals surface area contributed by atoms with E-state index in [1.54, 1.807) is 0 Å². The minimum atomic E-state index is -0.697. The summed E-state index contributed by atoms with van der Waals surface area (Å²) in [6.07, 6.45) is -0.115. The summed E-state index contributed by atoms with van der Waals surface area (Å²) in [5.41, 5.74) is 3.43. The molecule has 0 radical (unpaired) electrons. The van der Waals surface area contributed by atoms with Crippen molar-refractivity contribution in [2.24, 2.45) is 0 Å². The number of nitrogens with one attached hydrogen (secondary N) is 3. The maximum Gasteiger partial charge on any atom is 0.323 e. The summed E-state index contributed by atoms with van der Waals surface area (Å²) < 4.78 is 5.55. The third kappa shape index (κ3) is 8.23. The van der Waals surface area contributed by atoms with E-state index < -0.39 is 6.10 Å². The van der Waals surface area contributed by atoms with Crippen molar-refractivity contribution in [3.05, 3.63) is 90.0 Å². The normalized spacial score (nSPS) is 12.6. The zero-order chi connectivity index (χ0) is 23.5. The van der Waals surface area contributed by atoms with E-state index in [2.05, 4.69) is 16.0 Å². The molecular weight excluding hydrogens is 418 g/mol. The molecule has 3 aromatic rings. The van der Waals surface area contributed by atoms with Gasteiger partial charge in [-0.1, -0.05) is 48.5 Å². The van der Waals surface area contributed by atoms with Gasteiger partial charge >= 0.3 is 6.03 Å². The number of rotatable bonds is 11. The van der Waals surface area contributed by atoms with Crippen LogP contribution in [-0.4, -0.2) is 48.1 Å². The highest BCUT2D eigenvalue weighted by Crippen LogP contribution is 2.15. The topological polar surface area (TPSA) is 103 Å². The van der Waals surface area contributed by atoms with E-state index in [0.29, 0.717) is 24.4 Å². The van der Waals surface area contributed by atoms with Gasteiger partial charge in [-0.25, -0.2) is 4.79 Å². The molecule has 0 spiro atoms. The minimum absolute atomic E-state index is 0.0644. The monoisotopic (exact) mass is 449 g/mol. The molecule has 0 unspecified atom stereocenters. The summed E-state index contributed by atoms with van der Waals surface area (Å²) in [6.45, 7) is 2.34. The first-order valence-corrected chi connectivity index (χ1v) is 11.0. The van der Waals surface area contributed by atoms with E-state index in [-0.39, 0.29) is 25.3 Å². The van der Waals surface area contributed by atoms with Gasteiger partial charge in [-0.05, 0) is 54.8 Å². The van der Waals surface area contributed by atoms with Crippen molar-refractivity contribution in [3.63, 3.8) is 0 Å². The van der Waals surface area contributed by atoms with Gasteiger partial charge in [0, 0.05) is 24.0 Å². The quantitative estimate of drug-likeness (QED) is 0.308. The third-order valence-electron chi connectivity index (χ3n) is 5.14. The number of hydrogen-bond donors (Lipinski definition) is 5. The lowest BCUT2D eigenvalue weighted by Crippen LogP contribution is -2.41. The maximum atomic E-state index is 12.2. The van der Waals surface area contributed by atoms with Gasteiger partial charge in [0.15, 0.2) is 0 Å². The van der Waals surface area contributed by atoms with Gasteiger partial charge in [0.05, 0.1) is 6.61 Å². The smallest absolute Gasteiger partial charge is 0.323 e. The van der Waals surface area contributed by atoms with Crippen LogP contribution in [0.15, 0.2) is 78.9 Å². The van der Waals surface area contributed by atoms with Crippen LogP contribution in [0, 0.1) is 6.92 Å². The molecule has 7 heteroatoms. The average molecular weight is 450 g/mol. The fourth-order valence-electron chi connectivity index (χ4n) is 3.28. The molecule has 3 rings (SSSR count). The van der Waals surface area contributed by atoms with Gasteiger partial charge in [0.2, 0.25) is 0 Å². The number of anilines is 2. The van der Waals surface area contributed by atoms with Crippen molar-refractivity contribution in [1.82, 2.24) is 5.32 Å². The number of urea groups is 1. The Morgan fingerprint density at radius 1 is 0.939 bits per heavy atom. The van der Waals surface area contributed by atoms with Crippen LogP contribution in [-0.2, 0) is 6.42 Å². The molecule has 0 saturated carbocycles. The largest absolute Gasteiger partial charge is 0.491 e. The summed E-state index contributed by atoms with van der Waals surface area (Å²) in [5, 5.41) is 28.7. The number of aliphatic hydroxyl groups excluding tert-OH is 2. The van der Waals surface area contributed by atoms with E-state index >= 15 is 0 Å². The number of aliphatic hydroxyl groups is 2. The molecule has 2 atom stereocenters. The molecule has 3 aromatic carbocycles. The molecule has 0 aliphatic carbocycles. The molecule has 0 aromatic heterocycles. The third-order valence-corrected chi connectivity index (χ3v) is 5.14. The van der Waals surface area contributed by atoms with Crippen molar-refractivity contribution < 1.29 is 19.7 Å². The van der Waals surface area contributed by atoms with Crippen LogP contribution < -0.4 is 20.7 Å². The van der Waals surface area contributed by atoms with Crippen molar-refractivity contribution in [1.29, 1.82) is 0 Å². The van der Waals surface area contributed by atoms with Gasteiger partial charge in [0.1, 0.15) is 18.5 Å². The molecule has 33 heavy (non-hydrogen) atoms. The maximum absolute atomic E-state index is 12.2. The lowest BCUT2D eigenvalue weighted by Gasteiger charge is -2.19. The Kier molecular flexibility index (Phi) is 9.26. The predicted molar refractivity (Wildman–Crippen MR) is 131 cm³/mol. The second-order valence-electron chi connectivity index (χ2n) is 7.86. The van der Waals surface area contributed by atoms with Crippen LogP contribution >= 0.6 is 0 Å². The van der Waals surface area contributed by atoms with E-state index in [0.717, 1.165) is 16.8 Å². The van der Waals surface area contributed by atoms with E-state index in [1.165, 1.54) is 0 Å². The molecule has 0 fully saturated rings. The molecule has 2 amide bonds. The molecule has 174 valence electrons. The van der Waals surface area contributed by atoms with Gasteiger partial charge in [-0.2, -0.15) is 0 Å². The number of benzene rings is 3. The first-order chi connectivity index (χ1) is 16.0. The molecule has 0 bridgehead atoms. The van der Waals surface area contributed by atoms with E-state index in [1.807, 2.05) is 85.8 Å². The van der Waals surface area contributed by atoms with Crippen LogP contribution in [0.25, 0.3) is 0 Å². The van der Waals surface area contributed by atoms with E-state index in [9.17, 15) is 15.0 Å². The fourth-order valence-corrected chi connectivity index (χ4v) is 3.28. The zero-order valence-corrected chi connectivity index (χ0v) is 18.7. The molecule has 0 heterocycles. The summed E-state index contributed by atoms with van der Waals surface area (Å²) >= 11 is 0. The Morgan fingerprint density at radius 2 is 1.64 bits per heavy atom. The Bertz CT molecular complexity index is 996. The van der Waals surface area contributed by atoms with Crippen LogP contribution in [0.3, 0.4) is 0 Å². The molecule has 7 nitrogen and oxygen atoms in total. The minimum Gasteiger partial charge on any atom is -0.491 e. The van der Waals surface area contributed by atoms with Crippen LogP contribution in [0.2, 0.25) is 0 Å². The molecule has 0 saturated heterocycles. The Labute approximate surface area is 194 Å². The number of carbonyl (C=O) groups is 1. The predicted octanol–water partition coefficient (Wildman–Crippen LogP) is 3.57. The first kappa shape index (κ1) is 24.3. The highest BCUT2D eigenvalue weighted by atomic mass is 16.5. The number of carbonyl (C=O) groups excluding carboxylic acids is 1. The van der Waals surface area contributed by atoms with Crippen molar-refractivity contribution in [3.8, 4) is 5.75 Å². The number of amides is 2. The van der Waals surface area contributed by atoms with Crippen molar-refractivity contribution in [2.75, 3.05) is 30.4 Å². The van der Waals surface area contributed by atoms with Crippen LogP contribution in [0.4, 0.5) is 16.2 Å². The Hall–Kier alpha value is -3.39. The summed E-state index contributed by atoms with van der Waals surface area (Å²) in [5.74, 6) is 0.705. The van der Waals surface area contributed by atoms with Gasteiger partial charge in [0.25, 0.3) is 0 Å². The number of ether oxygens (including phenoxy) is 1. The van der Waals surface area contributed by atoms with Crippen molar-refractivity contribution in [2.45, 2.75) is 25.5 Å². The van der Waals surface area contributed by atoms with E-state index in [4.69, 9.17) is 4.74 Å². The second kappa shape index (κ2) is 12.6. The van der Waals surface area contributed by atoms with Crippen LogP contribution in [0.1, 0.15) is 11.1 Å². The Balaban J connectivity index is 1.42. The zero-order valence-electron chi connectivity index (χ0n) is 18.7. The highest BCUT2D eigenvalue weighted by Gasteiger charge is 2.12. The molecule has 0 aliphatic heterocycles. The van der Waals surface area contributed by atoms with Crippen molar-refractivity contribution >= 4 is 17.4 Å². The summed E-state index contributed by atoms with van der Waals surface area (Å²) in [6, 6.07) is 23.8. The Morgan fingerprint density at radius 3 is 2.33 bits per heavy atom. The molecule has 5 N–H and O–H groups in total. The van der Waals surface area contributed by atoms with Gasteiger partial charge in [-0.15, -0.1) is 0 Å². The number of para-hydroxylation sites is 2. The lowest BCUT2D eigenvalue weighted by molar-refractivity contribution is 0.0997. The number of hydrogen-bond acceptors (Lipinski definition) is 5.